The van der Waals surface area contributed by atoms with Crippen LogP contribution in [-0.4, -0.2) is 151 Å². The molecule has 87 heavy (non-hydrogen) atoms. The Morgan fingerprint density at radius 1 is 0.598 bits per heavy atom. The molecular weight excluding hydrogens is 1130 g/mol. The van der Waals surface area contributed by atoms with Crippen molar-refractivity contribution >= 4 is 19.7 Å². The Hall–Kier alpha value is -1.61. The summed E-state index contributed by atoms with van der Waals surface area (Å²) in [4.78, 5) is 47.1. The fraction of sp³-hybridized carbons (Fsp3) is 0.941. The first-order valence-electron chi connectivity index (χ1n) is 36.1. The maximum Gasteiger partial charge on any atom is 0.470 e. The summed E-state index contributed by atoms with van der Waals surface area (Å²) in [5, 5.41) is 38.2. The lowest BCUT2D eigenvalue weighted by atomic mass is 9.82. The lowest BCUT2D eigenvalue weighted by molar-refractivity contribution is -0.356. The maximum absolute atomic E-state index is 14.2. The molecule has 2 rings (SSSR count). The topological polar surface area (TPSA) is 247 Å². The lowest BCUT2D eigenvalue weighted by Crippen LogP contribution is -2.69. The summed E-state index contributed by atoms with van der Waals surface area (Å²) >= 11 is 0. The van der Waals surface area contributed by atoms with Gasteiger partial charge < -0.3 is 68.3 Å². The van der Waals surface area contributed by atoms with Crippen molar-refractivity contribution in [2.75, 3.05) is 47.2 Å². The minimum absolute atomic E-state index is 0.0253. The quantitative estimate of drug-likeness (QED) is 0.0188. The van der Waals surface area contributed by atoms with Crippen LogP contribution in [0.2, 0.25) is 0 Å². The predicted molar refractivity (Wildman–Crippen MR) is 345 cm³/mol. The highest BCUT2D eigenvalue weighted by molar-refractivity contribution is 7.46. The monoisotopic (exact) mass is 1270 g/mol. The highest BCUT2D eigenvalue weighted by Crippen LogP contribution is 2.43. The molecule has 0 saturated carbocycles. The number of ether oxygens (including phenoxy) is 8. The van der Waals surface area contributed by atoms with E-state index in [1.54, 1.807) is 7.11 Å². The number of phosphoric ester groups is 1. The minimum atomic E-state index is -5.26. The van der Waals surface area contributed by atoms with E-state index in [1.165, 1.54) is 84.2 Å². The molecule has 3 unspecified atom stereocenters. The molecule has 0 aromatic heterocycles. The van der Waals surface area contributed by atoms with Crippen LogP contribution in [0, 0.1) is 0 Å². The number of carbonyl (C=O) groups excluding carboxylic acids is 1. The molecular formula is C68H130NO17P. The van der Waals surface area contributed by atoms with Gasteiger partial charge in [-0.25, -0.2) is 9.36 Å². The molecule has 2 saturated heterocycles. The van der Waals surface area contributed by atoms with Crippen LogP contribution < -0.4 is 5.32 Å². The van der Waals surface area contributed by atoms with E-state index in [2.05, 4.69) is 45.2 Å². The van der Waals surface area contributed by atoms with Crippen molar-refractivity contribution in [3.63, 3.8) is 0 Å². The number of carbonyl (C=O) groups is 2. The Morgan fingerprint density at radius 2 is 1.09 bits per heavy atom. The van der Waals surface area contributed by atoms with Crippen molar-refractivity contribution < 1.29 is 84.4 Å². The lowest BCUT2D eigenvalue weighted by Gasteiger charge is -2.50. The van der Waals surface area contributed by atoms with Gasteiger partial charge in [-0.05, 0) is 57.8 Å². The molecule has 2 aliphatic heterocycles. The van der Waals surface area contributed by atoms with Gasteiger partial charge in [-0.2, -0.15) is 0 Å². The number of methoxy groups -OCH3 is 2. The third kappa shape index (κ3) is 38.2. The van der Waals surface area contributed by atoms with Crippen LogP contribution in [0.15, 0.2) is 12.2 Å². The van der Waals surface area contributed by atoms with Gasteiger partial charge in [0, 0.05) is 35.2 Å². The summed E-state index contributed by atoms with van der Waals surface area (Å²) in [6.45, 7) is 5.76. The van der Waals surface area contributed by atoms with Crippen molar-refractivity contribution in [3.05, 3.63) is 12.2 Å². The Balaban J connectivity index is 2.51. The van der Waals surface area contributed by atoms with E-state index in [4.69, 9.17) is 43.8 Å². The predicted octanol–water partition coefficient (Wildman–Crippen LogP) is 15.1. The van der Waals surface area contributed by atoms with Gasteiger partial charge in [-0.15, -0.1) is 0 Å². The number of amides is 1. The summed E-state index contributed by atoms with van der Waals surface area (Å²) in [5.74, 6) is -1.78. The number of aliphatic carboxylic acids is 1. The second-order valence-corrected chi connectivity index (χ2v) is 25.9. The Morgan fingerprint density at radius 3 is 1.60 bits per heavy atom. The SMILES string of the molecule is [2H]C(CCCCCCCCCCC)O[C@H]1[C@H](O)[C@@H](CO[C@@H]2O[C@H](COC)[C@@H](OP(=O)(O)O)[C@H](OCC[C@@H](CCCCCCC)OC)[C@H]2NC(=O)CCCCCCC/C=C\CCCCCCCC)OC(OCC(=O)O)[C@@]1(O)C([2H])CCCCCCCCCCC. The van der Waals surface area contributed by atoms with Crippen LogP contribution in [0.4, 0.5) is 0 Å². The van der Waals surface area contributed by atoms with E-state index in [1.807, 2.05) is 0 Å². The molecule has 514 valence electrons. The van der Waals surface area contributed by atoms with Gasteiger partial charge in [0.15, 0.2) is 12.6 Å². The van der Waals surface area contributed by atoms with E-state index in [-0.39, 0.29) is 38.6 Å². The Bertz CT molecular complexity index is 1790. The van der Waals surface area contributed by atoms with Crippen molar-refractivity contribution in [2.45, 2.75) is 364 Å². The molecule has 1 amide bonds. The van der Waals surface area contributed by atoms with Crippen LogP contribution in [0.25, 0.3) is 0 Å². The summed E-state index contributed by atoms with van der Waals surface area (Å²) in [6, 6.07) is -1.29. The van der Waals surface area contributed by atoms with Gasteiger partial charge in [0.2, 0.25) is 5.91 Å². The highest BCUT2D eigenvalue weighted by Gasteiger charge is 2.57. The van der Waals surface area contributed by atoms with Gasteiger partial charge in [-0.1, -0.05) is 245 Å². The standard InChI is InChI=1S/C68H130NO17P/c1-7-11-15-19-22-25-28-29-30-31-32-33-36-40-44-48-59(70)69-61-64(80-52-49-56(79-6)47-43-39-18-14-10-4)63(86-87(75,76)77)58(53-78-5)84-66(61)82-54-57-62(73)65(81-51-46-42-38-35-27-24-21-17-13-9-3)68(74,67(85-57)83-55-60(71)72)50-45-41-37-34-26-23-20-16-12-8-2/h29-30,56-58,61-67,73-74H,7-28,31-55H2,1-6H3,(H,69,70)(H,71,72)(H2,75,76,77)/b30-29-/t56-,57-,58-,61-,62-,63-,64-,65+,66-,67?,68-/m1/s1/i50D,51D/t50?,51?,56-,57-,58-,61-,62-,63-,64-,65+,66-,67?,68-. The van der Waals surface area contributed by atoms with E-state index in [9.17, 15) is 40.6 Å². The van der Waals surface area contributed by atoms with E-state index in [0.29, 0.717) is 25.7 Å². The number of unbranched alkanes of at least 4 members (excludes halogenated alkanes) is 31. The van der Waals surface area contributed by atoms with Crippen LogP contribution in [0.3, 0.4) is 0 Å². The molecule has 0 aromatic carbocycles. The molecule has 2 heterocycles. The van der Waals surface area contributed by atoms with Gasteiger partial charge in [0.25, 0.3) is 0 Å². The Labute approximate surface area is 531 Å². The fourth-order valence-corrected chi connectivity index (χ4v) is 12.4. The first-order valence-corrected chi connectivity index (χ1v) is 36.5. The average Bonchev–Trinajstić information content (AvgIpc) is 1.02. The smallest absolute Gasteiger partial charge is 0.470 e. The summed E-state index contributed by atoms with van der Waals surface area (Å²) in [6.07, 6.45) is 30.3. The Kier molecular flexibility index (Phi) is 47.3. The third-order valence-electron chi connectivity index (χ3n) is 17.0. The molecule has 0 bridgehead atoms. The molecule has 13 atom stereocenters. The third-order valence-corrected chi connectivity index (χ3v) is 17.5. The van der Waals surface area contributed by atoms with Crippen molar-refractivity contribution in [2.24, 2.45) is 0 Å². The zero-order valence-corrected chi connectivity index (χ0v) is 56.4. The number of phosphoric acid groups is 1. The van der Waals surface area contributed by atoms with Crippen LogP contribution in [-0.2, 0) is 56.6 Å². The van der Waals surface area contributed by atoms with Gasteiger partial charge in [-0.3, -0.25) is 9.32 Å². The number of hydrogen-bond donors (Lipinski definition) is 6. The summed E-state index contributed by atoms with van der Waals surface area (Å²) < 4.78 is 86.3. The summed E-state index contributed by atoms with van der Waals surface area (Å²) in [7, 11) is -2.25. The van der Waals surface area contributed by atoms with Crippen LogP contribution >= 0.6 is 7.82 Å². The number of allylic oxidation sites excluding steroid dienone is 2. The number of rotatable bonds is 60. The number of hydrogen-bond acceptors (Lipinski definition) is 14. The van der Waals surface area contributed by atoms with Gasteiger partial charge >= 0.3 is 13.8 Å². The number of carboxylic acid groups (broad SMARTS) is 1. The molecule has 18 nitrogen and oxygen atoms in total. The molecule has 2 fully saturated rings. The second-order valence-electron chi connectivity index (χ2n) is 24.8. The maximum atomic E-state index is 14.2. The van der Waals surface area contributed by atoms with E-state index < -0.39 is 107 Å². The molecule has 19 heteroatoms. The van der Waals surface area contributed by atoms with E-state index in [0.717, 1.165) is 141 Å². The molecule has 0 spiro atoms. The van der Waals surface area contributed by atoms with E-state index >= 15 is 0 Å². The van der Waals surface area contributed by atoms with Crippen molar-refractivity contribution in [3.8, 4) is 0 Å². The molecule has 2 aliphatic rings. The molecule has 0 radical (unpaired) electrons. The number of aliphatic hydroxyl groups excluding tert-OH is 1. The molecule has 0 aromatic rings. The first kappa shape index (κ1) is 77.8. The number of carboxylic acids is 1. The zero-order chi connectivity index (χ0) is 65.4. The van der Waals surface area contributed by atoms with Crippen molar-refractivity contribution in [1.29, 1.82) is 0 Å². The molecule has 0 aliphatic carbocycles. The largest absolute Gasteiger partial charge is 0.480 e. The zero-order valence-electron chi connectivity index (χ0n) is 57.5. The number of nitrogens with one attached hydrogen (secondary N) is 1. The highest BCUT2D eigenvalue weighted by atomic mass is 31.2. The van der Waals surface area contributed by atoms with Gasteiger partial charge in [0.05, 0.1) is 20.7 Å². The number of aliphatic hydroxyl groups is 2. The van der Waals surface area contributed by atoms with Crippen LogP contribution in [0.5, 0.6) is 0 Å². The normalized spacial score (nSPS) is 24.9. The van der Waals surface area contributed by atoms with Crippen molar-refractivity contribution in [1.82, 2.24) is 5.32 Å². The minimum Gasteiger partial charge on any atom is -0.480 e. The van der Waals surface area contributed by atoms with Crippen LogP contribution in [0.1, 0.15) is 300 Å². The first-order chi connectivity index (χ1) is 43.0. The fourth-order valence-electron chi connectivity index (χ4n) is 11.8. The summed E-state index contributed by atoms with van der Waals surface area (Å²) in [5.41, 5.74) is -2.46. The van der Waals surface area contributed by atoms with Gasteiger partial charge in [0.1, 0.15) is 54.9 Å². The second kappa shape index (κ2) is 52.8. The average molecular weight is 1270 g/mol. The molecule has 6 N–H and O–H groups in total.